The monoisotopic (exact) mass is 441 g/mol. The maximum absolute atomic E-state index is 11.3. The molecule has 1 atom stereocenters. The van der Waals surface area contributed by atoms with E-state index < -0.39 is 15.4 Å². The van der Waals surface area contributed by atoms with Gasteiger partial charge in [-0.3, -0.25) is 14.7 Å². The van der Waals surface area contributed by atoms with E-state index in [1.54, 1.807) is 42.5 Å². The minimum atomic E-state index is -4.00. The van der Waals surface area contributed by atoms with E-state index in [9.17, 15) is 23.1 Å². The Morgan fingerprint density at radius 1 is 0.871 bits per heavy atom. The third-order valence-electron chi connectivity index (χ3n) is 4.79. The van der Waals surface area contributed by atoms with E-state index in [0.29, 0.717) is 17.5 Å². The number of hydrogen-bond donors (Lipinski definition) is 1. The number of nitrogens with zero attached hydrogens (tertiary/aromatic N) is 1. The van der Waals surface area contributed by atoms with Crippen LogP contribution in [-0.4, -0.2) is 17.9 Å². The van der Waals surface area contributed by atoms with Crippen molar-refractivity contribution in [1.82, 2.24) is 0 Å². The second-order valence-electron chi connectivity index (χ2n) is 7.05. The van der Waals surface area contributed by atoms with E-state index in [2.05, 4.69) is 6.92 Å². The van der Waals surface area contributed by atoms with Crippen molar-refractivity contribution in [2.75, 3.05) is 0 Å². The molecule has 0 bridgehead atoms. The average Bonchev–Trinajstić information content (AvgIpc) is 2.77. The van der Waals surface area contributed by atoms with Gasteiger partial charge in [0.1, 0.15) is 5.25 Å². The molecule has 3 rings (SSSR count). The molecule has 3 aromatic carbocycles. The van der Waals surface area contributed by atoms with Crippen LogP contribution in [0.3, 0.4) is 0 Å². The lowest BCUT2D eigenvalue weighted by Crippen LogP contribution is -2.12. The molecule has 0 aromatic heterocycles. The molecule has 1 N–H and O–H groups in total. The number of nitro benzene ring substituents is 1. The van der Waals surface area contributed by atoms with E-state index in [1.807, 2.05) is 36.4 Å². The van der Waals surface area contributed by atoms with Gasteiger partial charge in [-0.2, -0.15) is 8.42 Å². The van der Waals surface area contributed by atoms with Crippen LogP contribution in [0, 0.1) is 10.1 Å². The van der Waals surface area contributed by atoms with Crippen molar-refractivity contribution in [3.63, 3.8) is 0 Å². The lowest BCUT2D eigenvalue weighted by atomic mass is 10.0. The Balaban J connectivity index is 0.000000220. The largest absolute Gasteiger partial charge is 0.285 e. The first-order chi connectivity index (χ1) is 14.8. The third kappa shape index (κ3) is 7.62. The summed E-state index contributed by atoms with van der Waals surface area (Å²) in [6.45, 7) is 2.06. The summed E-state index contributed by atoms with van der Waals surface area (Å²) in [4.78, 5) is 10.4. The topological polar surface area (TPSA) is 97.5 Å². The van der Waals surface area contributed by atoms with Gasteiger partial charge >= 0.3 is 0 Å². The van der Waals surface area contributed by atoms with Crippen LogP contribution in [0.4, 0.5) is 5.69 Å². The van der Waals surface area contributed by atoms with Gasteiger partial charge in [-0.05, 0) is 23.6 Å². The highest BCUT2D eigenvalue weighted by molar-refractivity contribution is 7.86. The molecular formula is C24H27NO5S. The number of benzene rings is 3. The Bertz CT molecular complexity index is 1050. The van der Waals surface area contributed by atoms with Gasteiger partial charge in [-0.15, -0.1) is 0 Å². The Kier molecular flexibility index (Phi) is 9.37. The molecule has 0 amide bonds. The third-order valence-corrected chi connectivity index (χ3v) is 6.01. The first-order valence-corrected chi connectivity index (χ1v) is 11.6. The summed E-state index contributed by atoms with van der Waals surface area (Å²) >= 11 is 0. The lowest BCUT2D eigenvalue weighted by molar-refractivity contribution is -0.384. The highest BCUT2D eigenvalue weighted by Crippen LogP contribution is 2.29. The van der Waals surface area contributed by atoms with E-state index in [1.165, 1.54) is 6.07 Å². The molecule has 6 nitrogen and oxygen atoms in total. The zero-order valence-electron chi connectivity index (χ0n) is 17.4. The predicted molar refractivity (Wildman–Crippen MR) is 123 cm³/mol. The summed E-state index contributed by atoms with van der Waals surface area (Å²) in [7, 11) is -4.00. The first kappa shape index (κ1) is 24.2. The summed E-state index contributed by atoms with van der Waals surface area (Å²) < 4.78 is 31.8. The van der Waals surface area contributed by atoms with Gasteiger partial charge in [0.15, 0.2) is 0 Å². The Labute approximate surface area is 183 Å². The van der Waals surface area contributed by atoms with Crippen molar-refractivity contribution in [1.29, 1.82) is 0 Å². The van der Waals surface area contributed by atoms with Gasteiger partial charge < -0.3 is 0 Å². The summed E-state index contributed by atoms with van der Waals surface area (Å²) in [5.41, 5.74) is 2.33. The van der Waals surface area contributed by atoms with Crippen LogP contribution in [0.2, 0.25) is 0 Å². The number of unbranched alkanes of at least 4 members (excludes halogenated alkanes) is 2. The number of rotatable bonds is 8. The van der Waals surface area contributed by atoms with Gasteiger partial charge in [0.25, 0.3) is 15.8 Å². The van der Waals surface area contributed by atoms with Crippen LogP contribution in [-0.2, 0) is 10.1 Å². The number of nitro groups is 1. The number of para-hydroxylation sites is 1. The average molecular weight is 442 g/mol. The second-order valence-corrected chi connectivity index (χ2v) is 8.65. The molecule has 0 heterocycles. The van der Waals surface area contributed by atoms with Gasteiger partial charge in [0, 0.05) is 6.07 Å². The van der Waals surface area contributed by atoms with E-state index in [-0.39, 0.29) is 10.6 Å². The molecule has 0 aliphatic heterocycles. The summed E-state index contributed by atoms with van der Waals surface area (Å²) in [5.74, 6) is 0. The quantitative estimate of drug-likeness (QED) is 0.187. The zero-order chi connectivity index (χ0) is 22.7. The van der Waals surface area contributed by atoms with Crippen molar-refractivity contribution >= 4 is 15.8 Å². The molecule has 0 radical (unpaired) electrons. The van der Waals surface area contributed by atoms with E-state index in [4.69, 9.17) is 0 Å². The molecule has 0 aliphatic carbocycles. The van der Waals surface area contributed by atoms with E-state index >= 15 is 0 Å². The molecule has 164 valence electrons. The SMILES string of the molecule is CCCCCC(c1ccccc1)S(=O)(=O)O.O=[N+]([O-])c1ccccc1-c1ccccc1. The van der Waals surface area contributed by atoms with E-state index in [0.717, 1.165) is 24.8 Å². The molecule has 31 heavy (non-hydrogen) atoms. The highest BCUT2D eigenvalue weighted by atomic mass is 32.2. The minimum Gasteiger partial charge on any atom is -0.285 e. The van der Waals surface area contributed by atoms with Gasteiger partial charge in [-0.25, -0.2) is 0 Å². The smallest absolute Gasteiger partial charge is 0.277 e. The fraction of sp³-hybridized carbons (Fsp3) is 0.250. The fourth-order valence-corrected chi connectivity index (χ4v) is 4.20. The fourth-order valence-electron chi connectivity index (χ4n) is 3.23. The summed E-state index contributed by atoms with van der Waals surface area (Å²) in [6, 6.07) is 25.0. The number of hydrogen-bond acceptors (Lipinski definition) is 4. The van der Waals surface area contributed by atoms with Crippen molar-refractivity contribution in [2.24, 2.45) is 0 Å². The summed E-state index contributed by atoms with van der Waals surface area (Å²) in [5, 5.41) is 10.0. The van der Waals surface area contributed by atoms with Crippen LogP contribution < -0.4 is 0 Å². The standard InChI is InChI=1S/C12H9NO2.C12H18O3S/c14-13(15)12-9-5-4-8-11(12)10-6-2-1-3-7-10;1-2-3-5-10-12(16(13,14)15)11-8-6-4-7-9-11/h1-9H;4,6-9,12H,2-3,5,10H2,1H3,(H,13,14,15). The Hall–Kier alpha value is -3.03. The van der Waals surface area contributed by atoms with Gasteiger partial charge in [0.2, 0.25) is 0 Å². The Morgan fingerprint density at radius 3 is 1.97 bits per heavy atom. The predicted octanol–water partition coefficient (Wildman–Crippen LogP) is 6.46. The molecule has 3 aromatic rings. The summed E-state index contributed by atoms with van der Waals surface area (Å²) in [6.07, 6.45) is 3.32. The van der Waals surface area contributed by atoms with Gasteiger partial charge in [-0.1, -0.05) is 99.0 Å². The molecule has 0 aliphatic rings. The van der Waals surface area contributed by atoms with Crippen LogP contribution >= 0.6 is 0 Å². The lowest BCUT2D eigenvalue weighted by Gasteiger charge is -2.13. The molecule has 0 saturated carbocycles. The van der Waals surface area contributed by atoms with Crippen molar-refractivity contribution in [2.45, 2.75) is 37.9 Å². The van der Waals surface area contributed by atoms with Crippen molar-refractivity contribution in [3.8, 4) is 11.1 Å². The molecule has 7 heteroatoms. The molecular weight excluding hydrogens is 414 g/mol. The van der Waals surface area contributed by atoms with Crippen LogP contribution in [0.15, 0.2) is 84.9 Å². The molecule has 0 saturated heterocycles. The maximum Gasteiger partial charge on any atom is 0.277 e. The van der Waals surface area contributed by atoms with Crippen LogP contribution in [0.5, 0.6) is 0 Å². The van der Waals surface area contributed by atoms with Crippen LogP contribution in [0.1, 0.15) is 43.4 Å². The van der Waals surface area contributed by atoms with Gasteiger partial charge in [0.05, 0.1) is 10.5 Å². The highest BCUT2D eigenvalue weighted by Gasteiger charge is 2.24. The second kappa shape index (κ2) is 12.0. The maximum atomic E-state index is 11.3. The first-order valence-electron chi connectivity index (χ1n) is 10.1. The van der Waals surface area contributed by atoms with Crippen molar-refractivity contribution < 1.29 is 17.9 Å². The zero-order valence-corrected chi connectivity index (χ0v) is 18.2. The van der Waals surface area contributed by atoms with Crippen molar-refractivity contribution in [3.05, 3.63) is 101 Å². The normalized spacial score (nSPS) is 11.8. The minimum absolute atomic E-state index is 0.142. The Morgan fingerprint density at radius 2 is 1.42 bits per heavy atom. The molecule has 1 unspecified atom stereocenters. The molecule has 0 fully saturated rings. The van der Waals surface area contributed by atoms with Crippen LogP contribution in [0.25, 0.3) is 11.1 Å². The molecule has 0 spiro atoms.